The van der Waals surface area contributed by atoms with E-state index in [0.29, 0.717) is 13.1 Å². The Morgan fingerprint density at radius 3 is 2.73 bits per heavy atom. The highest BCUT2D eigenvalue weighted by Crippen LogP contribution is 2.33. The van der Waals surface area contributed by atoms with E-state index in [0.717, 1.165) is 47.8 Å². The van der Waals surface area contributed by atoms with Crippen molar-refractivity contribution in [1.29, 1.82) is 0 Å². The fourth-order valence-electron chi connectivity index (χ4n) is 4.82. The molecule has 1 saturated heterocycles. The molecule has 0 radical (unpaired) electrons. The molecule has 2 aliphatic rings. The molecule has 1 amide bonds. The number of carbonyl (C=O) groups is 1. The van der Waals surface area contributed by atoms with Crippen LogP contribution in [0.15, 0.2) is 53.5 Å². The monoisotopic (exact) mass is 445 g/mol. The number of benzene rings is 2. The van der Waals surface area contributed by atoms with Crippen molar-refractivity contribution in [2.75, 3.05) is 13.1 Å². The van der Waals surface area contributed by atoms with Gasteiger partial charge < -0.3 is 9.88 Å². The number of nitrogens with zero attached hydrogens (tertiary/aromatic N) is 3. The average Bonchev–Trinajstić information content (AvgIpc) is 3.21. The normalized spacial score (nSPS) is 18.3. The van der Waals surface area contributed by atoms with Crippen molar-refractivity contribution in [3.63, 3.8) is 0 Å². The standard InChI is InChI=1S/C25H24FN5O2/c26-21-11-18(19-4-1-16-7-9-27-22(16)12-19)5-6-20(21)23-28-29-25(33)31(23)14-15-8-10-30(13-15)24(32)17-2-3-17/h1,4-7,9,11-12,15,17,27H,2-3,8,10,13-14H2,(H,29,33). The van der Waals surface area contributed by atoms with Crippen molar-refractivity contribution in [1.82, 2.24) is 24.6 Å². The second kappa shape index (κ2) is 7.72. The Morgan fingerprint density at radius 1 is 1.09 bits per heavy atom. The van der Waals surface area contributed by atoms with Crippen LogP contribution in [0, 0.1) is 17.7 Å². The number of carbonyl (C=O) groups excluding carboxylic acids is 1. The van der Waals surface area contributed by atoms with E-state index >= 15 is 4.39 Å². The first-order valence-electron chi connectivity index (χ1n) is 11.4. The quantitative estimate of drug-likeness (QED) is 0.490. The summed E-state index contributed by atoms with van der Waals surface area (Å²) in [6.45, 7) is 1.76. The topological polar surface area (TPSA) is 86.8 Å². The third-order valence-corrected chi connectivity index (χ3v) is 6.82. The number of H-pyrrole nitrogens is 2. The summed E-state index contributed by atoms with van der Waals surface area (Å²) in [5.41, 5.74) is 2.56. The van der Waals surface area contributed by atoms with E-state index in [1.807, 2.05) is 41.4 Å². The Bertz CT molecular complexity index is 1410. The smallest absolute Gasteiger partial charge is 0.343 e. The number of likely N-dealkylation sites (tertiary alicyclic amines) is 1. The zero-order chi connectivity index (χ0) is 22.5. The Labute approximate surface area is 189 Å². The lowest BCUT2D eigenvalue weighted by molar-refractivity contribution is -0.131. The van der Waals surface area contributed by atoms with Crippen molar-refractivity contribution < 1.29 is 9.18 Å². The molecular formula is C25H24FN5O2. The van der Waals surface area contributed by atoms with E-state index in [-0.39, 0.29) is 34.8 Å². The molecule has 2 N–H and O–H groups in total. The molecule has 1 aliphatic heterocycles. The minimum absolute atomic E-state index is 0.150. The van der Waals surface area contributed by atoms with Gasteiger partial charge >= 0.3 is 5.69 Å². The summed E-state index contributed by atoms with van der Waals surface area (Å²) in [6.07, 6.45) is 4.68. The molecule has 0 spiro atoms. The summed E-state index contributed by atoms with van der Waals surface area (Å²) < 4.78 is 16.7. The van der Waals surface area contributed by atoms with Gasteiger partial charge in [-0.15, -0.1) is 0 Å². The number of hydrogen-bond donors (Lipinski definition) is 2. The zero-order valence-corrected chi connectivity index (χ0v) is 18.1. The highest BCUT2D eigenvalue weighted by Gasteiger charge is 2.37. The second-order valence-corrected chi connectivity index (χ2v) is 9.15. The predicted molar refractivity (Wildman–Crippen MR) is 123 cm³/mol. The van der Waals surface area contributed by atoms with Crippen LogP contribution in [-0.4, -0.2) is 43.6 Å². The van der Waals surface area contributed by atoms with Crippen molar-refractivity contribution in [2.45, 2.75) is 25.8 Å². The molecule has 1 aliphatic carbocycles. The summed E-state index contributed by atoms with van der Waals surface area (Å²) in [5.74, 6) is 0.432. The number of halogens is 1. The number of hydrogen-bond acceptors (Lipinski definition) is 3. The molecular weight excluding hydrogens is 421 g/mol. The van der Waals surface area contributed by atoms with Crippen LogP contribution < -0.4 is 5.69 Å². The molecule has 168 valence electrons. The molecule has 4 aromatic rings. The molecule has 0 bridgehead atoms. The van der Waals surface area contributed by atoms with Gasteiger partial charge in [0.1, 0.15) is 5.82 Å². The van der Waals surface area contributed by atoms with E-state index in [9.17, 15) is 9.59 Å². The first kappa shape index (κ1) is 20.0. The number of rotatable bonds is 5. The largest absolute Gasteiger partial charge is 0.361 e. The molecule has 3 heterocycles. The van der Waals surface area contributed by atoms with Crippen LogP contribution in [0.4, 0.5) is 4.39 Å². The Kier molecular flexibility index (Phi) is 4.67. The zero-order valence-electron chi connectivity index (χ0n) is 18.1. The Hall–Kier alpha value is -3.68. The molecule has 8 heteroatoms. The highest BCUT2D eigenvalue weighted by molar-refractivity contribution is 5.85. The van der Waals surface area contributed by atoms with Gasteiger partial charge in [-0.25, -0.2) is 14.3 Å². The van der Waals surface area contributed by atoms with Gasteiger partial charge in [-0.05, 0) is 66.0 Å². The maximum absolute atomic E-state index is 15.2. The summed E-state index contributed by atoms with van der Waals surface area (Å²) >= 11 is 0. The number of amides is 1. The molecule has 2 fully saturated rings. The maximum Gasteiger partial charge on any atom is 0.343 e. The summed E-state index contributed by atoms with van der Waals surface area (Å²) in [5, 5.41) is 7.68. The van der Waals surface area contributed by atoms with Crippen molar-refractivity contribution in [2.24, 2.45) is 11.8 Å². The van der Waals surface area contributed by atoms with Crippen LogP contribution in [0.2, 0.25) is 0 Å². The lowest BCUT2D eigenvalue weighted by Crippen LogP contribution is -2.31. The second-order valence-electron chi connectivity index (χ2n) is 9.15. The maximum atomic E-state index is 15.2. The number of fused-ring (bicyclic) bond motifs is 1. The lowest BCUT2D eigenvalue weighted by Gasteiger charge is -2.16. The number of aromatic amines is 2. The Morgan fingerprint density at radius 2 is 1.91 bits per heavy atom. The van der Waals surface area contributed by atoms with Gasteiger partial charge in [-0.2, -0.15) is 5.10 Å². The molecule has 1 saturated carbocycles. The van der Waals surface area contributed by atoms with Crippen molar-refractivity contribution in [3.05, 3.63) is 65.0 Å². The third-order valence-electron chi connectivity index (χ3n) is 6.82. The minimum atomic E-state index is -0.434. The minimum Gasteiger partial charge on any atom is -0.361 e. The molecule has 6 rings (SSSR count). The van der Waals surface area contributed by atoms with Crippen molar-refractivity contribution >= 4 is 16.8 Å². The molecule has 1 unspecified atom stereocenters. The van der Waals surface area contributed by atoms with Crippen LogP contribution in [0.1, 0.15) is 19.3 Å². The molecule has 2 aromatic heterocycles. The fourth-order valence-corrected chi connectivity index (χ4v) is 4.82. The Balaban J connectivity index is 1.25. The van der Waals surface area contributed by atoms with Gasteiger partial charge in [0.25, 0.3) is 0 Å². The van der Waals surface area contributed by atoms with E-state index in [1.54, 1.807) is 6.07 Å². The van der Waals surface area contributed by atoms with E-state index in [1.165, 1.54) is 10.6 Å². The average molecular weight is 445 g/mol. The van der Waals surface area contributed by atoms with Crippen LogP contribution in [0.25, 0.3) is 33.4 Å². The molecule has 1 atom stereocenters. The molecule has 7 nitrogen and oxygen atoms in total. The molecule has 33 heavy (non-hydrogen) atoms. The van der Waals surface area contributed by atoms with Crippen LogP contribution in [0.3, 0.4) is 0 Å². The lowest BCUT2D eigenvalue weighted by atomic mass is 10.0. The van der Waals surface area contributed by atoms with Crippen LogP contribution in [-0.2, 0) is 11.3 Å². The fraction of sp³-hybridized carbons (Fsp3) is 0.320. The summed E-state index contributed by atoms with van der Waals surface area (Å²) in [7, 11) is 0. The van der Waals surface area contributed by atoms with Gasteiger partial charge in [0.15, 0.2) is 5.82 Å². The highest BCUT2D eigenvalue weighted by atomic mass is 19.1. The summed E-state index contributed by atoms with van der Waals surface area (Å²) in [6, 6.07) is 12.9. The van der Waals surface area contributed by atoms with Gasteiger partial charge in [0.2, 0.25) is 5.91 Å². The first-order chi connectivity index (χ1) is 16.1. The summed E-state index contributed by atoms with van der Waals surface area (Å²) in [4.78, 5) is 29.9. The van der Waals surface area contributed by atoms with Gasteiger partial charge in [-0.3, -0.25) is 9.36 Å². The first-order valence-corrected chi connectivity index (χ1v) is 11.4. The van der Waals surface area contributed by atoms with Gasteiger partial charge in [0, 0.05) is 37.3 Å². The van der Waals surface area contributed by atoms with E-state index in [4.69, 9.17) is 0 Å². The number of nitrogens with one attached hydrogen (secondary N) is 2. The van der Waals surface area contributed by atoms with Crippen molar-refractivity contribution in [3.8, 4) is 22.5 Å². The third kappa shape index (κ3) is 3.65. The van der Waals surface area contributed by atoms with Gasteiger partial charge in [0.05, 0.1) is 5.56 Å². The predicted octanol–water partition coefficient (Wildman–Crippen LogP) is 3.78. The van der Waals surface area contributed by atoms with Crippen LogP contribution in [0.5, 0.6) is 0 Å². The van der Waals surface area contributed by atoms with E-state index < -0.39 is 5.82 Å². The van der Waals surface area contributed by atoms with E-state index in [2.05, 4.69) is 15.2 Å². The molecule has 2 aromatic carbocycles. The number of aromatic nitrogens is 4. The SMILES string of the molecule is O=C(C1CC1)N1CCC(Cn2c(-c3ccc(-c4ccc5cc[nH]c5c4)cc3F)n[nH]c2=O)C1. The van der Waals surface area contributed by atoms with Gasteiger partial charge in [-0.1, -0.05) is 18.2 Å². The van der Waals surface area contributed by atoms with Crippen LogP contribution >= 0.6 is 0 Å².